The van der Waals surface area contributed by atoms with Crippen molar-refractivity contribution in [1.82, 2.24) is 4.90 Å². The van der Waals surface area contributed by atoms with Crippen LogP contribution >= 0.6 is 15.9 Å². The summed E-state index contributed by atoms with van der Waals surface area (Å²) >= 11 is 3.58. The largest absolute Gasteiger partial charge is 0.327 e. The summed E-state index contributed by atoms with van der Waals surface area (Å²) in [6, 6.07) is 9.64. The van der Waals surface area contributed by atoms with Crippen molar-refractivity contribution < 1.29 is 0 Å². The van der Waals surface area contributed by atoms with E-state index in [0.717, 1.165) is 25.9 Å². The monoisotopic (exact) mass is 324 g/mol. The van der Waals surface area contributed by atoms with Crippen LogP contribution in [0.25, 0.3) is 0 Å². The molecule has 2 rings (SSSR count). The van der Waals surface area contributed by atoms with E-state index >= 15 is 0 Å². The third kappa shape index (κ3) is 3.59. The fourth-order valence-corrected chi connectivity index (χ4v) is 3.63. The first-order valence-electron chi connectivity index (χ1n) is 7.40. The first kappa shape index (κ1) is 15.0. The van der Waals surface area contributed by atoms with Gasteiger partial charge >= 0.3 is 0 Å². The van der Waals surface area contributed by atoms with Crippen LogP contribution in [0.15, 0.2) is 28.7 Å². The average molecular weight is 325 g/mol. The van der Waals surface area contributed by atoms with Crippen LogP contribution in [0.2, 0.25) is 0 Å². The van der Waals surface area contributed by atoms with Crippen molar-refractivity contribution in [2.45, 2.75) is 45.2 Å². The minimum atomic E-state index is 0.390. The van der Waals surface area contributed by atoms with Gasteiger partial charge in [0.2, 0.25) is 0 Å². The Hall–Kier alpha value is -0.380. The Morgan fingerprint density at radius 1 is 1.42 bits per heavy atom. The van der Waals surface area contributed by atoms with Crippen LogP contribution in [0, 0.1) is 5.92 Å². The molecule has 0 bridgehead atoms. The van der Waals surface area contributed by atoms with E-state index in [-0.39, 0.29) is 0 Å². The molecule has 0 spiro atoms. The van der Waals surface area contributed by atoms with Gasteiger partial charge in [-0.3, -0.25) is 4.90 Å². The van der Waals surface area contributed by atoms with Crippen molar-refractivity contribution in [3.63, 3.8) is 0 Å². The molecule has 0 radical (unpaired) electrons. The van der Waals surface area contributed by atoms with E-state index in [9.17, 15) is 0 Å². The summed E-state index contributed by atoms with van der Waals surface area (Å²) in [7, 11) is 0. The topological polar surface area (TPSA) is 29.3 Å². The van der Waals surface area contributed by atoms with Gasteiger partial charge in [-0.1, -0.05) is 48.3 Å². The molecular formula is C16H25BrN2. The maximum absolute atomic E-state index is 6.22. The van der Waals surface area contributed by atoms with Crippen molar-refractivity contribution in [1.29, 1.82) is 0 Å². The fourth-order valence-electron chi connectivity index (χ4n) is 3.21. The average Bonchev–Trinajstić information content (AvgIpc) is 2.41. The highest BCUT2D eigenvalue weighted by Crippen LogP contribution is 2.31. The van der Waals surface area contributed by atoms with Gasteiger partial charge in [-0.25, -0.2) is 0 Å². The molecule has 0 amide bonds. The SMILES string of the molecule is CCC1CN(C(CC)c2cccc(Br)c2)CCC1N. The zero-order valence-electron chi connectivity index (χ0n) is 12.0. The quantitative estimate of drug-likeness (QED) is 0.908. The highest BCUT2D eigenvalue weighted by molar-refractivity contribution is 9.10. The summed E-state index contributed by atoms with van der Waals surface area (Å²) in [6.07, 6.45) is 3.47. The summed E-state index contributed by atoms with van der Waals surface area (Å²) in [5.74, 6) is 0.648. The van der Waals surface area contributed by atoms with Crippen molar-refractivity contribution >= 4 is 15.9 Å². The van der Waals surface area contributed by atoms with Crippen molar-refractivity contribution in [2.75, 3.05) is 13.1 Å². The molecule has 106 valence electrons. The van der Waals surface area contributed by atoms with Gasteiger partial charge in [0.1, 0.15) is 0 Å². The van der Waals surface area contributed by atoms with E-state index in [1.807, 2.05) is 0 Å². The van der Waals surface area contributed by atoms with Gasteiger partial charge in [-0.2, -0.15) is 0 Å². The first-order valence-corrected chi connectivity index (χ1v) is 8.20. The van der Waals surface area contributed by atoms with Crippen LogP contribution in [0.4, 0.5) is 0 Å². The zero-order chi connectivity index (χ0) is 13.8. The van der Waals surface area contributed by atoms with Gasteiger partial charge in [0, 0.05) is 29.6 Å². The molecule has 0 aromatic heterocycles. The van der Waals surface area contributed by atoms with Crippen molar-refractivity contribution in [3.8, 4) is 0 Å². The molecule has 1 heterocycles. The summed E-state index contributed by atoms with van der Waals surface area (Å²) in [4.78, 5) is 2.62. The molecule has 0 aliphatic carbocycles. The molecular weight excluding hydrogens is 300 g/mol. The molecule has 1 fully saturated rings. The Labute approximate surface area is 125 Å². The number of nitrogens with two attached hydrogens (primary N) is 1. The predicted molar refractivity (Wildman–Crippen MR) is 85.1 cm³/mol. The van der Waals surface area contributed by atoms with Gasteiger partial charge in [0.05, 0.1) is 0 Å². The number of rotatable bonds is 4. The number of hydrogen-bond acceptors (Lipinski definition) is 2. The second-order valence-corrected chi connectivity index (χ2v) is 6.51. The second-order valence-electron chi connectivity index (χ2n) is 5.59. The van der Waals surface area contributed by atoms with Crippen LogP contribution in [-0.4, -0.2) is 24.0 Å². The highest BCUT2D eigenvalue weighted by Gasteiger charge is 2.29. The molecule has 1 aliphatic heterocycles. The van der Waals surface area contributed by atoms with E-state index in [1.165, 1.54) is 16.5 Å². The van der Waals surface area contributed by atoms with Crippen LogP contribution in [0.5, 0.6) is 0 Å². The Bertz CT molecular complexity index is 407. The third-order valence-corrected chi connectivity index (χ3v) is 4.90. The van der Waals surface area contributed by atoms with Crippen LogP contribution in [0.3, 0.4) is 0 Å². The number of nitrogens with zero attached hydrogens (tertiary/aromatic N) is 1. The molecule has 3 atom stereocenters. The van der Waals surface area contributed by atoms with Crippen LogP contribution in [0.1, 0.15) is 44.7 Å². The molecule has 0 saturated carbocycles. The van der Waals surface area contributed by atoms with Crippen LogP contribution < -0.4 is 5.73 Å². The Morgan fingerprint density at radius 2 is 2.21 bits per heavy atom. The minimum absolute atomic E-state index is 0.390. The van der Waals surface area contributed by atoms with Crippen molar-refractivity contribution in [2.24, 2.45) is 11.7 Å². The fraction of sp³-hybridized carbons (Fsp3) is 0.625. The standard InChI is InChI=1S/C16H25BrN2/c1-3-12-11-19(9-8-15(12)18)16(4-2)13-6-5-7-14(17)10-13/h5-7,10,12,15-16H,3-4,8-9,11,18H2,1-2H3. The lowest BCUT2D eigenvalue weighted by atomic mass is 9.88. The van der Waals surface area contributed by atoms with Gasteiger partial charge in [-0.05, 0) is 36.5 Å². The van der Waals surface area contributed by atoms with E-state index in [4.69, 9.17) is 5.73 Å². The summed E-state index contributed by atoms with van der Waals surface area (Å²) in [5, 5.41) is 0. The number of piperidine rings is 1. The Morgan fingerprint density at radius 3 is 2.84 bits per heavy atom. The van der Waals surface area contributed by atoms with Crippen LogP contribution in [-0.2, 0) is 0 Å². The Balaban J connectivity index is 2.14. The van der Waals surface area contributed by atoms with Gasteiger partial charge in [0.15, 0.2) is 0 Å². The van der Waals surface area contributed by atoms with E-state index in [0.29, 0.717) is 18.0 Å². The van der Waals surface area contributed by atoms with Gasteiger partial charge < -0.3 is 5.73 Å². The molecule has 1 aromatic carbocycles. The molecule has 3 heteroatoms. The van der Waals surface area contributed by atoms with Gasteiger partial charge in [-0.15, -0.1) is 0 Å². The maximum Gasteiger partial charge on any atom is 0.0346 e. The minimum Gasteiger partial charge on any atom is -0.327 e. The number of halogens is 1. The molecule has 1 aromatic rings. The summed E-state index contributed by atoms with van der Waals surface area (Å²) < 4.78 is 1.17. The third-order valence-electron chi connectivity index (χ3n) is 4.41. The lowest BCUT2D eigenvalue weighted by Crippen LogP contribution is -2.47. The molecule has 1 aliphatic rings. The first-order chi connectivity index (χ1) is 9.15. The molecule has 3 unspecified atom stereocenters. The maximum atomic E-state index is 6.22. The predicted octanol–water partition coefficient (Wildman–Crippen LogP) is 3.96. The lowest BCUT2D eigenvalue weighted by molar-refractivity contribution is 0.104. The second kappa shape index (κ2) is 6.87. The lowest BCUT2D eigenvalue weighted by Gasteiger charge is -2.41. The van der Waals surface area contributed by atoms with E-state index < -0.39 is 0 Å². The summed E-state index contributed by atoms with van der Waals surface area (Å²) in [6.45, 7) is 6.81. The normalized spacial score (nSPS) is 26.3. The number of likely N-dealkylation sites (tertiary alicyclic amines) is 1. The number of benzene rings is 1. The smallest absolute Gasteiger partial charge is 0.0346 e. The van der Waals surface area contributed by atoms with Gasteiger partial charge in [0.25, 0.3) is 0 Å². The van der Waals surface area contributed by atoms with Crippen molar-refractivity contribution in [3.05, 3.63) is 34.3 Å². The molecule has 19 heavy (non-hydrogen) atoms. The number of hydrogen-bond donors (Lipinski definition) is 1. The molecule has 1 saturated heterocycles. The van der Waals surface area contributed by atoms with E-state index in [2.05, 4.69) is 58.9 Å². The van der Waals surface area contributed by atoms with E-state index in [1.54, 1.807) is 0 Å². The summed E-state index contributed by atoms with van der Waals surface area (Å²) in [5.41, 5.74) is 7.64. The molecule has 2 N–H and O–H groups in total. The highest BCUT2D eigenvalue weighted by atomic mass is 79.9. The zero-order valence-corrected chi connectivity index (χ0v) is 13.6. The molecule has 2 nitrogen and oxygen atoms in total. The Kier molecular flexibility index (Phi) is 5.43.